The Kier molecular flexibility index (Phi) is 4.87. The highest BCUT2D eigenvalue weighted by atomic mass is 19.1. The zero-order valence-corrected chi connectivity index (χ0v) is 11.0. The molecule has 0 amide bonds. The topological polar surface area (TPSA) is 12.0 Å². The average molecular weight is 255 g/mol. The first-order valence-electron chi connectivity index (χ1n) is 6.46. The lowest BCUT2D eigenvalue weighted by Gasteiger charge is -2.12. The monoisotopic (exact) mass is 255 g/mol. The van der Waals surface area contributed by atoms with Gasteiger partial charge in [0.1, 0.15) is 5.82 Å². The standard InChI is InChI=1S/C17H18FN/c1-14(16-9-11-17(18)12-10-16)19-13-5-8-15-6-3-2-4-7-15/h2-12,14,19H,13H2,1H3/b8-5+/t14-/m0/s1. The van der Waals surface area contributed by atoms with Crippen LogP contribution in [0.25, 0.3) is 6.08 Å². The van der Waals surface area contributed by atoms with Gasteiger partial charge in [-0.15, -0.1) is 0 Å². The van der Waals surface area contributed by atoms with Crippen LogP contribution in [0.1, 0.15) is 24.1 Å². The Hall–Kier alpha value is -1.93. The molecule has 1 N–H and O–H groups in total. The maximum atomic E-state index is 12.8. The first-order chi connectivity index (χ1) is 9.25. The first-order valence-corrected chi connectivity index (χ1v) is 6.46. The molecule has 2 rings (SSSR count). The third-order valence-electron chi connectivity index (χ3n) is 3.02. The molecule has 98 valence electrons. The van der Waals surface area contributed by atoms with Gasteiger partial charge in [-0.3, -0.25) is 0 Å². The maximum Gasteiger partial charge on any atom is 0.123 e. The van der Waals surface area contributed by atoms with Gasteiger partial charge in [-0.05, 0) is 30.2 Å². The van der Waals surface area contributed by atoms with Gasteiger partial charge in [-0.1, -0.05) is 54.6 Å². The first kappa shape index (κ1) is 13.5. The molecule has 0 fully saturated rings. The summed E-state index contributed by atoms with van der Waals surface area (Å²) in [5.41, 5.74) is 2.29. The third-order valence-corrected chi connectivity index (χ3v) is 3.02. The molecule has 0 aliphatic heterocycles. The van der Waals surface area contributed by atoms with Crippen molar-refractivity contribution in [1.29, 1.82) is 0 Å². The highest BCUT2D eigenvalue weighted by Gasteiger charge is 2.02. The van der Waals surface area contributed by atoms with Gasteiger partial charge in [-0.2, -0.15) is 0 Å². The van der Waals surface area contributed by atoms with Gasteiger partial charge in [0.25, 0.3) is 0 Å². The Bertz CT molecular complexity index is 517. The van der Waals surface area contributed by atoms with Crippen molar-refractivity contribution in [3.8, 4) is 0 Å². The third kappa shape index (κ3) is 4.34. The number of hydrogen-bond donors (Lipinski definition) is 1. The number of halogens is 1. The Morgan fingerprint density at radius 3 is 2.42 bits per heavy atom. The number of hydrogen-bond acceptors (Lipinski definition) is 1. The van der Waals surface area contributed by atoms with E-state index in [0.717, 1.165) is 12.1 Å². The normalized spacial score (nSPS) is 12.7. The lowest BCUT2D eigenvalue weighted by molar-refractivity contribution is 0.606. The molecule has 0 saturated carbocycles. The van der Waals surface area contributed by atoms with Crippen molar-refractivity contribution in [2.75, 3.05) is 6.54 Å². The Morgan fingerprint density at radius 2 is 1.74 bits per heavy atom. The highest BCUT2D eigenvalue weighted by Crippen LogP contribution is 2.12. The van der Waals surface area contributed by atoms with Crippen molar-refractivity contribution in [1.82, 2.24) is 5.32 Å². The maximum absolute atomic E-state index is 12.8. The summed E-state index contributed by atoms with van der Waals surface area (Å²) < 4.78 is 12.8. The second kappa shape index (κ2) is 6.86. The lowest BCUT2D eigenvalue weighted by atomic mass is 10.1. The number of rotatable bonds is 5. The van der Waals surface area contributed by atoms with E-state index in [4.69, 9.17) is 0 Å². The van der Waals surface area contributed by atoms with Crippen molar-refractivity contribution in [3.63, 3.8) is 0 Å². The van der Waals surface area contributed by atoms with Crippen LogP contribution < -0.4 is 5.32 Å². The molecular weight excluding hydrogens is 237 g/mol. The number of benzene rings is 2. The van der Waals surface area contributed by atoms with Gasteiger partial charge in [0.05, 0.1) is 0 Å². The van der Waals surface area contributed by atoms with E-state index >= 15 is 0 Å². The van der Waals surface area contributed by atoms with E-state index in [0.29, 0.717) is 0 Å². The van der Waals surface area contributed by atoms with Crippen LogP contribution >= 0.6 is 0 Å². The van der Waals surface area contributed by atoms with Crippen LogP contribution in [0.3, 0.4) is 0 Å². The summed E-state index contributed by atoms with van der Waals surface area (Å²) in [4.78, 5) is 0. The fraction of sp³-hybridized carbons (Fsp3) is 0.176. The fourth-order valence-corrected chi connectivity index (χ4v) is 1.87. The molecule has 2 aromatic rings. The predicted octanol–water partition coefficient (Wildman–Crippen LogP) is 4.19. The van der Waals surface area contributed by atoms with E-state index in [1.54, 1.807) is 0 Å². The molecule has 2 heteroatoms. The molecule has 0 aliphatic rings. The van der Waals surface area contributed by atoms with Crippen LogP contribution in [0, 0.1) is 5.82 Å². The molecule has 0 heterocycles. The molecule has 0 aromatic heterocycles. The van der Waals surface area contributed by atoms with Crippen LogP contribution in [-0.2, 0) is 0 Å². The van der Waals surface area contributed by atoms with Crippen LogP contribution in [0.5, 0.6) is 0 Å². The summed E-state index contributed by atoms with van der Waals surface area (Å²) in [5, 5.41) is 3.38. The lowest BCUT2D eigenvalue weighted by Crippen LogP contribution is -2.18. The summed E-state index contributed by atoms with van der Waals surface area (Å²) in [6.07, 6.45) is 4.18. The van der Waals surface area contributed by atoms with Gasteiger partial charge in [0.15, 0.2) is 0 Å². The summed E-state index contributed by atoms with van der Waals surface area (Å²) >= 11 is 0. The summed E-state index contributed by atoms with van der Waals surface area (Å²) in [6.45, 7) is 2.86. The highest BCUT2D eigenvalue weighted by molar-refractivity contribution is 5.48. The van der Waals surface area contributed by atoms with Gasteiger partial charge in [-0.25, -0.2) is 4.39 Å². The van der Waals surface area contributed by atoms with Crippen molar-refractivity contribution in [2.45, 2.75) is 13.0 Å². The Labute approximate surface area is 113 Å². The minimum atomic E-state index is -0.195. The van der Waals surface area contributed by atoms with E-state index in [1.807, 2.05) is 30.3 Å². The average Bonchev–Trinajstić information content (AvgIpc) is 2.45. The molecule has 0 spiro atoms. The fourth-order valence-electron chi connectivity index (χ4n) is 1.87. The van der Waals surface area contributed by atoms with Crippen LogP contribution in [-0.4, -0.2) is 6.54 Å². The SMILES string of the molecule is C[C@H](NC/C=C/c1ccccc1)c1ccc(F)cc1. The smallest absolute Gasteiger partial charge is 0.123 e. The molecule has 0 saturated heterocycles. The molecule has 19 heavy (non-hydrogen) atoms. The largest absolute Gasteiger partial charge is 0.307 e. The second-order valence-electron chi connectivity index (χ2n) is 4.49. The second-order valence-corrected chi connectivity index (χ2v) is 4.49. The van der Waals surface area contributed by atoms with Crippen LogP contribution in [0.2, 0.25) is 0 Å². The van der Waals surface area contributed by atoms with E-state index in [2.05, 4.69) is 36.5 Å². The van der Waals surface area contributed by atoms with Crippen molar-refractivity contribution in [2.24, 2.45) is 0 Å². The minimum Gasteiger partial charge on any atom is -0.307 e. The van der Waals surface area contributed by atoms with Gasteiger partial charge in [0.2, 0.25) is 0 Å². The molecule has 1 nitrogen and oxygen atoms in total. The number of nitrogens with one attached hydrogen (secondary N) is 1. The molecule has 0 unspecified atom stereocenters. The van der Waals surface area contributed by atoms with Crippen molar-refractivity contribution in [3.05, 3.63) is 77.6 Å². The zero-order valence-electron chi connectivity index (χ0n) is 11.0. The molecule has 0 radical (unpaired) electrons. The van der Waals surface area contributed by atoms with Crippen LogP contribution in [0.4, 0.5) is 4.39 Å². The van der Waals surface area contributed by atoms with Gasteiger partial charge in [0, 0.05) is 12.6 Å². The predicted molar refractivity (Wildman–Crippen MR) is 78.3 cm³/mol. The van der Waals surface area contributed by atoms with E-state index in [1.165, 1.54) is 17.7 Å². The molecular formula is C17H18FN. The summed E-state index contributed by atoms with van der Waals surface area (Å²) in [5.74, 6) is -0.195. The quantitative estimate of drug-likeness (QED) is 0.844. The summed E-state index contributed by atoms with van der Waals surface area (Å²) in [7, 11) is 0. The van der Waals surface area contributed by atoms with Gasteiger partial charge >= 0.3 is 0 Å². The molecule has 0 aliphatic carbocycles. The molecule has 2 aromatic carbocycles. The molecule has 1 atom stereocenters. The van der Waals surface area contributed by atoms with Crippen molar-refractivity contribution >= 4 is 6.08 Å². The van der Waals surface area contributed by atoms with E-state index in [9.17, 15) is 4.39 Å². The van der Waals surface area contributed by atoms with Crippen LogP contribution in [0.15, 0.2) is 60.7 Å². The Morgan fingerprint density at radius 1 is 1.05 bits per heavy atom. The van der Waals surface area contributed by atoms with Gasteiger partial charge < -0.3 is 5.32 Å². The zero-order chi connectivity index (χ0) is 13.5. The Balaban J connectivity index is 1.82. The minimum absolute atomic E-state index is 0.195. The molecule has 0 bridgehead atoms. The summed E-state index contributed by atoms with van der Waals surface area (Å²) in [6, 6.07) is 17.0. The van der Waals surface area contributed by atoms with E-state index < -0.39 is 0 Å². The van der Waals surface area contributed by atoms with Crippen molar-refractivity contribution < 1.29 is 4.39 Å². The van der Waals surface area contributed by atoms with E-state index in [-0.39, 0.29) is 11.9 Å².